The van der Waals surface area contributed by atoms with Crippen molar-refractivity contribution >= 4 is 15.8 Å². The Hall–Kier alpha value is -1.14. The van der Waals surface area contributed by atoms with E-state index < -0.39 is 10.0 Å². The van der Waals surface area contributed by atoms with Gasteiger partial charge >= 0.3 is 0 Å². The van der Waals surface area contributed by atoms with Gasteiger partial charge in [-0.25, -0.2) is 18.1 Å². The first-order valence-corrected chi connectivity index (χ1v) is 7.75. The minimum atomic E-state index is -3.50. The van der Waals surface area contributed by atoms with E-state index in [0.717, 1.165) is 19.3 Å². The van der Waals surface area contributed by atoms with Gasteiger partial charge in [-0.3, -0.25) is 0 Å². The van der Waals surface area contributed by atoms with Crippen molar-refractivity contribution in [1.82, 2.24) is 9.71 Å². The smallest absolute Gasteiger partial charge is 0.244 e. The fraction of sp³-hybridized carbons (Fsp3) is 0.583. The van der Waals surface area contributed by atoms with E-state index in [9.17, 15) is 8.42 Å². The molecule has 0 aliphatic heterocycles. The minimum absolute atomic E-state index is 0.0796. The van der Waals surface area contributed by atoms with Crippen molar-refractivity contribution in [3.8, 4) is 0 Å². The molecule has 2 N–H and O–H groups in total. The third kappa shape index (κ3) is 3.20. The Kier molecular flexibility index (Phi) is 3.87. The summed E-state index contributed by atoms with van der Waals surface area (Å²) in [5.41, 5.74) is 0. The number of hydrogen-bond acceptors (Lipinski definition) is 4. The van der Waals surface area contributed by atoms with Gasteiger partial charge in [-0.2, -0.15) is 0 Å². The molecule has 0 aromatic carbocycles. The van der Waals surface area contributed by atoms with Gasteiger partial charge in [0.15, 0.2) is 0 Å². The van der Waals surface area contributed by atoms with Crippen LogP contribution in [0.1, 0.15) is 33.1 Å². The van der Waals surface area contributed by atoms with E-state index in [1.165, 1.54) is 0 Å². The average molecular weight is 269 g/mol. The first-order chi connectivity index (χ1) is 8.53. The highest BCUT2D eigenvalue weighted by molar-refractivity contribution is 7.89. The molecule has 6 heteroatoms. The quantitative estimate of drug-likeness (QED) is 0.825. The van der Waals surface area contributed by atoms with E-state index in [1.54, 1.807) is 18.3 Å². The van der Waals surface area contributed by atoms with Crippen molar-refractivity contribution in [2.45, 2.75) is 50.1 Å². The van der Waals surface area contributed by atoms with E-state index in [4.69, 9.17) is 0 Å². The summed E-state index contributed by atoms with van der Waals surface area (Å²) < 4.78 is 27.1. The lowest BCUT2D eigenvalue weighted by Gasteiger charge is -2.14. The van der Waals surface area contributed by atoms with E-state index >= 15 is 0 Å². The lowest BCUT2D eigenvalue weighted by atomic mass is 10.3. The molecule has 100 valence electrons. The summed E-state index contributed by atoms with van der Waals surface area (Å²) in [4.78, 5) is 4.36. The van der Waals surface area contributed by atoms with Crippen LogP contribution in [-0.4, -0.2) is 25.5 Å². The van der Waals surface area contributed by atoms with Crippen LogP contribution >= 0.6 is 0 Å². The molecule has 1 unspecified atom stereocenters. The van der Waals surface area contributed by atoms with E-state index in [2.05, 4.69) is 15.0 Å². The summed E-state index contributed by atoms with van der Waals surface area (Å²) in [6, 6.07) is 3.52. The maximum atomic E-state index is 12.2. The number of nitrogens with one attached hydrogen (secondary N) is 2. The van der Waals surface area contributed by atoms with Crippen LogP contribution in [0.2, 0.25) is 0 Å². The maximum absolute atomic E-state index is 12.2. The molecule has 2 rings (SSSR count). The van der Waals surface area contributed by atoms with E-state index in [-0.39, 0.29) is 10.9 Å². The van der Waals surface area contributed by atoms with Gasteiger partial charge in [0.2, 0.25) is 10.0 Å². The number of anilines is 1. The van der Waals surface area contributed by atoms with Crippen LogP contribution in [0.3, 0.4) is 0 Å². The number of rotatable bonds is 6. The van der Waals surface area contributed by atoms with Gasteiger partial charge < -0.3 is 5.32 Å². The third-order valence-corrected chi connectivity index (χ3v) is 4.57. The molecule has 0 bridgehead atoms. The van der Waals surface area contributed by atoms with Crippen molar-refractivity contribution in [3.05, 3.63) is 18.3 Å². The zero-order valence-electron chi connectivity index (χ0n) is 10.7. The summed E-state index contributed by atoms with van der Waals surface area (Å²) in [5.74, 6) is 0.454. The maximum Gasteiger partial charge on any atom is 0.244 e. The molecule has 1 aromatic heterocycles. The molecule has 5 nitrogen and oxygen atoms in total. The first-order valence-electron chi connectivity index (χ1n) is 6.27. The Balaban J connectivity index is 2.25. The summed E-state index contributed by atoms with van der Waals surface area (Å²) in [6.07, 6.45) is 4.52. The second-order valence-corrected chi connectivity index (χ2v) is 6.38. The van der Waals surface area contributed by atoms with Crippen LogP contribution in [0.5, 0.6) is 0 Å². The molecule has 0 spiro atoms. The number of pyridine rings is 1. The van der Waals surface area contributed by atoms with Crippen molar-refractivity contribution in [2.75, 3.05) is 5.32 Å². The van der Waals surface area contributed by atoms with Crippen molar-refractivity contribution in [1.29, 1.82) is 0 Å². The van der Waals surface area contributed by atoms with Crippen molar-refractivity contribution in [3.63, 3.8) is 0 Å². The zero-order chi connectivity index (χ0) is 13.2. The molecule has 1 aliphatic rings. The van der Waals surface area contributed by atoms with Crippen LogP contribution in [0, 0.1) is 0 Å². The molecule has 0 radical (unpaired) electrons. The highest BCUT2D eigenvalue weighted by Gasteiger charge is 2.26. The van der Waals surface area contributed by atoms with Crippen LogP contribution in [0.15, 0.2) is 23.2 Å². The second kappa shape index (κ2) is 5.24. The van der Waals surface area contributed by atoms with E-state index in [0.29, 0.717) is 11.9 Å². The van der Waals surface area contributed by atoms with E-state index in [1.807, 2.05) is 13.8 Å². The topological polar surface area (TPSA) is 71.1 Å². The van der Waals surface area contributed by atoms with Gasteiger partial charge in [0.25, 0.3) is 0 Å². The fourth-order valence-corrected chi connectivity index (χ4v) is 3.00. The number of hydrogen-bond donors (Lipinski definition) is 2. The Bertz CT molecular complexity index is 512. The van der Waals surface area contributed by atoms with Gasteiger partial charge in [-0.05, 0) is 38.3 Å². The molecule has 1 aliphatic carbocycles. The predicted molar refractivity (Wildman–Crippen MR) is 71.0 cm³/mol. The van der Waals surface area contributed by atoms with Crippen LogP contribution in [-0.2, 0) is 10.0 Å². The van der Waals surface area contributed by atoms with Crippen LogP contribution in [0.4, 0.5) is 5.82 Å². The van der Waals surface area contributed by atoms with Gasteiger partial charge in [0, 0.05) is 18.3 Å². The first kappa shape index (κ1) is 13.3. The monoisotopic (exact) mass is 269 g/mol. The molecular weight excluding hydrogens is 250 g/mol. The Morgan fingerprint density at radius 2 is 2.22 bits per heavy atom. The number of sulfonamides is 1. The second-order valence-electron chi connectivity index (χ2n) is 4.70. The minimum Gasteiger partial charge on any atom is -0.366 e. The third-order valence-electron chi connectivity index (χ3n) is 2.95. The molecule has 18 heavy (non-hydrogen) atoms. The molecule has 1 saturated carbocycles. The number of nitrogens with zero attached hydrogens (tertiary/aromatic N) is 1. The standard InChI is InChI=1S/C12H19N3O2S/c1-3-9(2)15-18(16,17)11-5-4-8-13-12(11)14-10-6-7-10/h4-5,8-10,15H,3,6-7H2,1-2H3,(H,13,14). The lowest BCUT2D eigenvalue weighted by Crippen LogP contribution is -2.32. The Morgan fingerprint density at radius 1 is 1.50 bits per heavy atom. The molecule has 1 fully saturated rings. The van der Waals surface area contributed by atoms with Gasteiger partial charge in [-0.15, -0.1) is 0 Å². The molecular formula is C12H19N3O2S. The highest BCUT2D eigenvalue weighted by atomic mass is 32.2. The Morgan fingerprint density at radius 3 is 2.83 bits per heavy atom. The van der Waals surface area contributed by atoms with Crippen molar-refractivity contribution in [2.24, 2.45) is 0 Å². The SMILES string of the molecule is CCC(C)NS(=O)(=O)c1cccnc1NC1CC1. The normalized spacial score (nSPS) is 17.4. The summed E-state index contributed by atoms with van der Waals surface area (Å²) >= 11 is 0. The lowest BCUT2D eigenvalue weighted by molar-refractivity contribution is 0.556. The summed E-state index contributed by atoms with van der Waals surface area (Å²) in [7, 11) is -3.50. The molecule has 0 amide bonds. The Labute approximate surface area is 108 Å². The van der Waals surface area contributed by atoms with Gasteiger partial charge in [0.05, 0.1) is 0 Å². The molecule has 1 atom stereocenters. The summed E-state index contributed by atoms with van der Waals surface area (Å²) in [5, 5.41) is 3.15. The largest absolute Gasteiger partial charge is 0.366 e. The molecule has 0 saturated heterocycles. The molecule has 1 aromatic rings. The number of aromatic nitrogens is 1. The van der Waals surface area contributed by atoms with Gasteiger partial charge in [0.1, 0.15) is 10.7 Å². The fourth-order valence-electron chi connectivity index (χ4n) is 1.55. The van der Waals surface area contributed by atoms with Gasteiger partial charge in [-0.1, -0.05) is 6.92 Å². The van der Waals surface area contributed by atoms with Crippen LogP contribution < -0.4 is 10.0 Å². The highest BCUT2D eigenvalue weighted by Crippen LogP contribution is 2.27. The molecule has 1 heterocycles. The van der Waals surface area contributed by atoms with Crippen LogP contribution in [0.25, 0.3) is 0 Å². The van der Waals surface area contributed by atoms with Crippen molar-refractivity contribution < 1.29 is 8.42 Å². The zero-order valence-corrected chi connectivity index (χ0v) is 11.5. The average Bonchev–Trinajstić information content (AvgIpc) is 3.13. The summed E-state index contributed by atoms with van der Waals surface area (Å²) in [6.45, 7) is 3.79. The predicted octanol–water partition coefficient (Wildman–Crippen LogP) is 1.73.